The lowest BCUT2D eigenvalue weighted by atomic mass is 10.1. The van der Waals surface area contributed by atoms with Crippen LogP contribution >= 0.6 is 0 Å². The summed E-state index contributed by atoms with van der Waals surface area (Å²) >= 11 is 0. The van der Waals surface area contributed by atoms with E-state index >= 15 is 0 Å². The minimum Gasteiger partial charge on any atom is -0.481 e. The highest BCUT2D eigenvalue weighted by molar-refractivity contribution is 5.92. The van der Waals surface area contributed by atoms with Gasteiger partial charge in [0.25, 0.3) is 0 Å². The number of aliphatic hydroxyl groups excluding tert-OH is 2. The summed E-state index contributed by atoms with van der Waals surface area (Å²) in [6.07, 6.45) is -0.772. The van der Waals surface area contributed by atoms with E-state index in [1.54, 1.807) is 0 Å². The Balaban J connectivity index is 4.74. The summed E-state index contributed by atoms with van der Waals surface area (Å²) in [7, 11) is 0. The number of nitrogens with two attached hydrogens (primary N) is 1. The molecule has 9 N–H and O–H groups in total. The third-order valence-electron chi connectivity index (χ3n) is 3.05. The first-order valence-electron chi connectivity index (χ1n) is 7.41. The molecule has 0 fully saturated rings. The van der Waals surface area contributed by atoms with Gasteiger partial charge < -0.3 is 42.1 Å². The van der Waals surface area contributed by atoms with Gasteiger partial charge in [-0.3, -0.25) is 19.2 Å². The number of nitrogens with one attached hydrogen (secondary N) is 3. The summed E-state index contributed by atoms with van der Waals surface area (Å²) in [5.41, 5.74) is 5.29. The van der Waals surface area contributed by atoms with Crippen molar-refractivity contribution in [2.45, 2.75) is 31.0 Å². The van der Waals surface area contributed by atoms with Crippen LogP contribution in [0.15, 0.2) is 0 Å². The van der Waals surface area contributed by atoms with E-state index in [1.807, 2.05) is 5.32 Å². The third-order valence-corrected chi connectivity index (χ3v) is 3.05. The molecular weight excluding hydrogens is 356 g/mol. The number of rotatable bonds is 12. The minimum absolute atomic E-state index is 0.304. The predicted molar refractivity (Wildman–Crippen MR) is 83.5 cm³/mol. The van der Waals surface area contributed by atoms with Crippen LogP contribution in [0.4, 0.5) is 0 Å². The summed E-state index contributed by atoms with van der Waals surface area (Å²) in [5.74, 6) is -5.43. The highest BCUT2D eigenvalue weighted by atomic mass is 16.4. The maximum Gasteiger partial charge on any atom is 0.328 e. The average molecular weight is 378 g/mol. The predicted octanol–water partition coefficient (Wildman–Crippen LogP) is -4.67. The summed E-state index contributed by atoms with van der Waals surface area (Å²) < 4.78 is 0. The van der Waals surface area contributed by atoms with Crippen LogP contribution in [0.2, 0.25) is 0 Å². The van der Waals surface area contributed by atoms with Gasteiger partial charge in [0.15, 0.2) is 0 Å². The van der Waals surface area contributed by atoms with Gasteiger partial charge in [0, 0.05) is 6.42 Å². The molecule has 0 aromatic rings. The van der Waals surface area contributed by atoms with Crippen LogP contribution in [0, 0.1) is 0 Å². The summed E-state index contributed by atoms with van der Waals surface area (Å²) in [4.78, 5) is 56.5. The highest BCUT2D eigenvalue weighted by Crippen LogP contribution is 1.99. The topological polar surface area (TPSA) is 228 Å². The van der Waals surface area contributed by atoms with E-state index in [0.717, 1.165) is 0 Å². The average Bonchev–Trinajstić information content (AvgIpc) is 2.59. The van der Waals surface area contributed by atoms with Gasteiger partial charge >= 0.3 is 11.9 Å². The quantitative estimate of drug-likeness (QED) is 0.162. The van der Waals surface area contributed by atoms with E-state index in [1.165, 1.54) is 0 Å². The van der Waals surface area contributed by atoms with Gasteiger partial charge in [-0.1, -0.05) is 0 Å². The van der Waals surface area contributed by atoms with Gasteiger partial charge in [0.1, 0.15) is 18.1 Å². The number of hydrogen-bond donors (Lipinski definition) is 8. The van der Waals surface area contributed by atoms with Crippen molar-refractivity contribution in [3.63, 3.8) is 0 Å². The fraction of sp³-hybridized carbons (Fsp3) is 0.615. The monoisotopic (exact) mass is 378 g/mol. The Morgan fingerprint density at radius 1 is 0.885 bits per heavy atom. The fourth-order valence-corrected chi connectivity index (χ4v) is 1.62. The Morgan fingerprint density at radius 3 is 1.96 bits per heavy atom. The number of carbonyl (C=O) groups is 5. The van der Waals surface area contributed by atoms with Crippen molar-refractivity contribution in [1.82, 2.24) is 16.0 Å². The van der Waals surface area contributed by atoms with Crippen molar-refractivity contribution in [2.24, 2.45) is 5.73 Å². The SMILES string of the molecule is NC(CO)C(=O)NC(CCC(=O)O)C(=O)NCC(=O)NC(CO)C(=O)O. The van der Waals surface area contributed by atoms with Crippen LogP contribution in [0.3, 0.4) is 0 Å². The molecule has 0 aromatic carbocycles. The summed E-state index contributed by atoms with van der Waals surface area (Å²) in [5, 5.41) is 41.1. The van der Waals surface area contributed by atoms with E-state index in [0.29, 0.717) is 0 Å². The lowest BCUT2D eigenvalue weighted by Crippen LogP contribution is -2.54. The second-order valence-electron chi connectivity index (χ2n) is 5.14. The molecule has 0 radical (unpaired) electrons. The molecule has 0 bridgehead atoms. The first-order valence-corrected chi connectivity index (χ1v) is 7.41. The van der Waals surface area contributed by atoms with Crippen LogP contribution in [0.25, 0.3) is 0 Å². The van der Waals surface area contributed by atoms with Crippen molar-refractivity contribution < 1.29 is 44.4 Å². The van der Waals surface area contributed by atoms with Crippen LogP contribution in [0.1, 0.15) is 12.8 Å². The van der Waals surface area contributed by atoms with Crippen LogP contribution in [-0.4, -0.2) is 88.0 Å². The highest BCUT2D eigenvalue weighted by Gasteiger charge is 2.25. The van der Waals surface area contributed by atoms with Crippen LogP contribution in [-0.2, 0) is 24.0 Å². The molecule has 26 heavy (non-hydrogen) atoms. The minimum atomic E-state index is -1.55. The van der Waals surface area contributed by atoms with Gasteiger partial charge in [0.2, 0.25) is 17.7 Å². The zero-order chi connectivity index (χ0) is 20.3. The first-order chi connectivity index (χ1) is 12.1. The van der Waals surface area contributed by atoms with Crippen molar-refractivity contribution in [3.8, 4) is 0 Å². The van der Waals surface area contributed by atoms with E-state index < -0.39 is 74.0 Å². The number of carboxylic acids is 2. The zero-order valence-corrected chi connectivity index (χ0v) is 13.7. The second kappa shape index (κ2) is 11.7. The third kappa shape index (κ3) is 8.91. The Labute approximate surface area is 147 Å². The molecule has 13 heteroatoms. The molecule has 0 aliphatic carbocycles. The van der Waals surface area contributed by atoms with Crippen molar-refractivity contribution in [3.05, 3.63) is 0 Å². The summed E-state index contributed by atoms with van der Waals surface area (Å²) in [6, 6.07) is -4.21. The van der Waals surface area contributed by atoms with Crippen molar-refractivity contribution in [2.75, 3.05) is 19.8 Å². The molecule has 0 spiro atoms. The van der Waals surface area contributed by atoms with Gasteiger partial charge in [-0.15, -0.1) is 0 Å². The largest absolute Gasteiger partial charge is 0.481 e. The Morgan fingerprint density at radius 2 is 1.50 bits per heavy atom. The van der Waals surface area contributed by atoms with Crippen molar-refractivity contribution >= 4 is 29.7 Å². The lowest BCUT2D eigenvalue weighted by molar-refractivity contribution is -0.142. The second-order valence-corrected chi connectivity index (χ2v) is 5.14. The standard InChI is InChI=1S/C13H22N4O9/c14-6(4-18)11(23)17-7(1-2-10(21)22)12(24)15-3-9(20)16-8(5-19)13(25)26/h6-8,18-19H,1-5,14H2,(H,15,24)(H,16,20)(H,17,23)(H,21,22)(H,25,26). The molecule has 0 saturated carbocycles. The lowest BCUT2D eigenvalue weighted by Gasteiger charge is -2.19. The Kier molecular flexibility index (Phi) is 10.5. The number of carboxylic acid groups (broad SMARTS) is 2. The van der Waals surface area contributed by atoms with E-state index in [9.17, 15) is 24.0 Å². The smallest absolute Gasteiger partial charge is 0.328 e. The number of hydrogen-bond acceptors (Lipinski definition) is 8. The molecule has 0 saturated heterocycles. The molecule has 0 rings (SSSR count). The molecule has 0 heterocycles. The summed E-state index contributed by atoms with van der Waals surface area (Å²) in [6.45, 7) is -2.22. The number of aliphatic carboxylic acids is 2. The van der Waals surface area contributed by atoms with Crippen LogP contribution in [0.5, 0.6) is 0 Å². The Bertz CT molecular complexity index is 540. The molecule has 3 unspecified atom stereocenters. The maximum atomic E-state index is 12.0. The van der Waals surface area contributed by atoms with Gasteiger partial charge in [-0.2, -0.15) is 0 Å². The molecular formula is C13H22N4O9. The van der Waals surface area contributed by atoms with Crippen molar-refractivity contribution in [1.29, 1.82) is 0 Å². The first kappa shape index (κ1) is 23.2. The molecule has 13 nitrogen and oxygen atoms in total. The fourth-order valence-electron chi connectivity index (χ4n) is 1.62. The van der Waals surface area contributed by atoms with Gasteiger partial charge in [-0.25, -0.2) is 4.79 Å². The molecule has 148 valence electrons. The number of amides is 3. The van der Waals surface area contributed by atoms with E-state index in [4.69, 9.17) is 26.2 Å². The molecule has 0 aromatic heterocycles. The van der Waals surface area contributed by atoms with Gasteiger partial charge in [0.05, 0.1) is 19.8 Å². The molecule has 3 amide bonds. The Hall–Kier alpha value is -2.77. The maximum absolute atomic E-state index is 12.0. The van der Waals surface area contributed by atoms with Crippen LogP contribution < -0.4 is 21.7 Å². The van der Waals surface area contributed by atoms with E-state index in [-0.39, 0.29) is 6.42 Å². The van der Waals surface area contributed by atoms with E-state index in [2.05, 4.69) is 10.6 Å². The zero-order valence-electron chi connectivity index (χ0n) is 13.7. The number of aliphatic hydroxyl groups is 2. The molecule has 0 aliphatic rings. The molecule has 0 aliphatic heterocycles. The van der Waals surface area contributed by atoms with Gasteiger partial charge in [-0.05, 0) is 6.42 Å². The number of carbonyl (C=O) groups excluding carboxylic acids is 3. The normalized spacial score (nSPS) is 13.8. The molecule has 3 atom stereocenters.